The molecule has 0 saturated heterocycles. The summed E-state index contributed by atoms with van der Waals surface area (Å²) in [6, 6.07) is 0. The molecule has 0 bridgehead atoms. The topological polar surface area (TPSA) is 99.0 Å². The summed E-state index contributed by atoms with van der Waals surface area (Å²) in [5.41, 5.74) is 4.80. The maximum absolute atomic E-state index is 10.5. The van der Waals surface area contributed by atoms with E-state index in [2.05, 4.69) is 12.4 Å². The molecule has 2 aliphatic carbocycles. The van der Waals surface area contributed by atoms with Crippen LogP contribution < -0.4 is 5.48 Å². The van der Waals surface area contributed by atoms with E-state index in [1.807, 2.05) is 0 Å². The Hall–Kier alpha value is -1.11. The summed E-state index contributed by atoms with van der Waals surface area (Å²) in [6.45, 7) is 1.82. The Labute approximate surface area is 150 Å². The lowest BCUT2D eigenvalue weighted by Gasteiger charge is -2.32. The van der Waals surface area contributed by atoms with Crippen molar-refractivity contribution in [2.45, 2.75) is 83.3 Å². The van der Waals surface area contributed by atoms with E-state index in [0.717, 1.165) is 43.4 Å². The van der Waals surface area contributed by atoms with E-state index < -0.39 is 5.97 Å². The third-order valence-corrected chi connectivity index (χ3v) is 5.56. The zero-order valence-electron chi connectivity index (χ0n) is 15.2. The lowest BCUT2D eigenvalue weighted by molar-refractivity contribution is -0.144. The number of fused-ring (bicyclic) bond motifs is 1. The highest BCUT2D eigenvalue weighted by molar-refractivity contribution is 5.67. The Morgan fingerprint density at radius 1 is 1.24 bits per heavy atom. The van der Waals surface area contributed by atoms with Crippen LogP contribution in [0, 0.1) is 11.8 Å². The number of carboxylic acids is 1. The van der Waals surface area contributed by atoms with Crippen molar-refractivity contribution in [1.82, 2.24) is 5.48 Å². The van der Waals surface area contributed by atoms with Crippen LogP contribution in [-0.4, -0.2) is 40.1 Å². The molecule has 0 radical (unpaired) electrons. The lowest BCUT2D eigenvalue weighted by Crippen LogP contribution is -2.31. The van der Waals surface area contributed by atoms with Crippen LogP contribution in [0.5, 0.6) is 0 Å². The van der Waals surface area contributed by atoms with Gasteiger partial charge < -0.3 is 15.3 Å². The summed E-state index contributed by atoms with van der Waals surface area (Å²) >= 11 is 0. The summed E-state index contributed by atoms with van der Waals surface area (Å²) in [7, 11) is 0. The molecule has 0 amide bonds. The largest absolute Gasteiger partial charge is 0.479 e. The van der Waals surface area contributed by atoms with Gasteiger partial charge in [-0.2, -0.15) is 0 Å². The average Bonchev–Trinajstić information content (AvgIpc) is 2.80. The second kappa shape index (κ2) is 10.1. The summed E-state index contributed by atoms with van der Waals surface area (Å²) in [5, 5.41) is 29.0. The van der Waals surface area contributed by atoms with E-state index >= 15 is 0 Å². The lowest BCUT2D eigenvalue weighted by atomic mass is 9.77. The Morgan fingerprint density at radius 3 is 2.72 bits per heavy atom. The Morgan fingerprint density at radius 2 is 2.00 bits per heavy atom. The molecule has 4 N–H and O–H groups in total. The van der Waals surface area contributed by atoms with Gasteiger partial charge in [-0.1, -0.05) is 39.0 Å². The molecule has 1 fully saturated rings. The van der Waals surface area contributed by atoms with E-state index in [-0.39, 0.29) is 24.7 Å². The standard InChI is InChI=1S/C19H33NO5/c1-2-3-4-5-6-7-13(21)8-9-14-15-10-17(16(15)11-18(14)22)20-25-12-19(23)24/h13-15,18,20-22H,2-12H2,1H3,(H,23,24). The number of carbonyl (C=O) groups is 1. The van der Waals surface area contributed by atoms with Gasteiger partial charge in [-0.25, -0.2) is 4.79 Å². The number of hydrogen-bond donors (Lipinski definition) is 4. The van der Waals surface area contributed by atoms with Gasteiger partial charge in [0, 0.05) is 5.70 Å². The summed E-state index contributed by atoms with van der Waals surface area (Å²) in [5.74, 6) is -0.459. The fourth-order valence-electron chi connectivity index (χ4n) is 4.09. The monoisotopic (exact) mass is 355 g/mol. The second-order valence-corrected chi connectivity index (χ2v) is 7.47. The van der Waals surface area contributed by atoms with Crippen LogP contribution >= 0.6 is 0 Å². The molecule has 25 heavy (non-hydrogen) atoms. The number of allylic oxidation sites excluding steroid dienone is 1. The van der Waals surface area contributed by atoms with Crippen molar-refractivity contribution >= 4 is 5.97 Å². The van der Waals surface area contributed by atoms with Gasteiger partial charge >= 0.3 is 5.97 Å². The van der Waals surface area contributed by atoms with Crippen LogP contribution in [0.25, 0.3) is 0 Å². The zero-order chi connectivity index (χ0) is 18.2. The van der Waals surface area contributed by atoms with Gasteiger partial charge in [-0.3, -0.25) is 10.3 Å². The summed E-state index contributed by atoms with van der Waals surface area (Å²) < 4.78 is 0. The van der Waals surface area contributed by atoms with Gasteiger partial charge in [-0.05, 0) is 49.5 Å². The number of aliphatic hydroxyl groups excluding tert-OH is 2. The van der Waals surface area contributed by atoms with Gasteiger partial charge in [-0.15, -0.1) is 0 Å². The molecule has 144 valence electrons. The van der Waals surface area contributed by atoms with Crippen molar-refractivity contribution in [1.29, 1.82) is 0 Å². The van der Waals surface area contributed by atoms with Crippen molar-refractivity contribution in [2.24, 2.45) is 11.8 Å². The minimum atomic E-state index is -1.01. The van der Waals surface area contributed by atoms with Crippen molar-refractivity contribution in [2.75, 3.05) is 6.61 Å². The number of rotatable bonds is 13. The van der Waals surface area contributed by atoms with E-state index in [9.17, 15) is 15.0 Å². The predicted octanol–water partition coefficient (Wildman–Crippen LogP) is 2.75. The highest BCUT2D eigenvalue weighted by Crippen LogP contribution is 2.50. The fourth-order valence-corrected chi connectivity index (χ4v) is 4.09. The SMILES string of the molecule is CCCCCCCC(O)CCC1C(O)CC2=C(NOCC(=O)O)CC21. The average molecular weight is 355 g/mol. The number of carboxylic acid groups (broad SMARTS) is 1. The minimum Gasteiger partial charge on any atom is -0.479 e. The van der Waals surface area contributed by atoms with E-state index in [1.165, 1.54) is 25.7 Å². The quantitative estimate of drug-likeness (QED) is 0.299. The number of nitrogens with one attached hydrogen (secondary N) is 1. The molecule has 0 spiro atoms. The van der Waals surface area contributed by atoms with Crippen molar-refractivity contribution < 1.29 is 25.0 Å². The van der Waals surface area contributed by atoms with Crippen LogP contribution in [0.3, 0.4) is 0 Å². The smallest absolute Gasteiger partial charge is 0.332 e. The third kappa shape index (κ3) is 5.97. The normalized spacial score (nSPS) is 26.3. The molecule has 1 saturated carbocycles. The first kappa shape index (κ1) is 20.2. The van der Waals surface area contributed by atoms with Crippen LogP contribution in [0.4, 0.5) is 0 Å². The highest BCUT2D eigenvalue weighted by Gasteiger charge is 2.45. The molecule has 4 unspecified atom stereocenters. The number of hydrogen-bond acceptors (Lipinski definition) is 5. The van der Waals surface area contributed by atoms with Crippen LogP contribution in [-0.2, 0) is 9.63 Å². The molecular weight excluding hydrogens is 322 g/mol. The van der Waals surface area contributed by atoms with Crippen molar-refractivity contribution in [3.8, 4) is 0 Å². The Balaban J connectivity index is 1.66. The predicted molar refractivity (Wildman–Crippen MR) is 94.6 cm³/mol. The molecule has 6 nitrogen and oxygen atoms in total. The Kier molecular flexibility index (Phi) is 8.19. The summed E-state index contributed by atoms with van der Waals surface area (Å²) in [4.78, 5) is 15.4. The molecule has 0 heterocycles. The molecule has 2 rings (SSSR count). The molecule has 0 aromatic heterocycles. The maximum Gasteiger partial charge on any atom is 0.332 e. The van der Waals surface area contributed by atoms with E-state index in [1.54, 1.807) is 0 Å². The molecular formula is C19H33NO5. The van der Waals surface area contributed by atoms with Gasteiger partial charge in [0.15, 0.2) is 6.61 Å². The fraction of sp³-hybridized carbons (Fsp3) is 0.842. The first-order valence-electron chi connectivity index (χ1n) is 9.70. The van der Waals surface area contributed by atoms with Gasteiger partial charge in [0.1, 0.15) is 0 Å². The third-order valence-electron chi connectivity index (χ3n) is 5.56. The molecule has 2 aliphatic rings. The molecule has 0 aromatic carbocycles. The van der Waals surface area contributed by atoms with Crippen LogP contribution in [0.1, 0.15) is 71.1 Å². The first-order chi connectivity index (χ1) is 12.0. The van der Waals surface area contributed by atoms with Gasteiger partial charge in [0.05, 0.1) is 12.2 Å². The molecule has 4 atom stereocenters. The second-order valence-electron chi connectivity index (χ2n) is 7.47. The van der Waals surface area contributed by atoms with Crippen molar-refractivity contribution in [3.63, 3.8) is 0 Å². The number of aliphatic hydroxyl groups is 2. The van der Waals surface area contributed by atoms with Gasteiger partial charge in [0.2, 0.25) is 0 Å². The van der Waals surface area contributed by atoms with Crippen LogP contribution in [0.2, 0.25) is 0 Å². The molecule has 0 aliphatic heterocycles. The molecule has 0 aromatic rings. The van der Waals surface area contributed by atoms with Gasteiger partial charge in [0.25, 0.3) is 0 Å². The highest BCUT2D eigenvalue weighted by atomic mass is 16.7. The Bertz CT molecular complexity index is 465. The summed E-state index contributed by atoms with van der Waals surface area (Å²) in [6.07, 6.45) is 9.27. The van der Waals surface area contributed by atoms with Crippen molar-refractivity contribution in [3.05, 3.63) is 11.3 Å². The minimum absolute atomic E-state index is 0.203. The maximum atomic E-state index is 10.5. The number of hydroxylamine groups is 1. The van der Waals surface area contributed by atoms with Crippen LogP contribution in [0.15, 0.2) is 11.3 Å². The number of unbranched alkanes of at least 4 members (excludes halogenated alkanes) is 4. The van der Waals surface area contributed by atoms with E-state index in [4.69, 9.17) is 9.94 Å². The zero-order valence-corrected chi connectivity index (χ0v) is 15.2. The van der Waals surface area contributed by atoms with E-state index in [0.29, 0.717) is 12.3 Å². The molecule has 6 heteroatoms. The number of aliphatic carboxylic acids is 1. The first-order valence-corrected chi connectivity index (χ1v) is 9.70.